The number of carbonyl (C=O) groups excluding carboxylic acids is 1. The van der Waals surface area contributed by atoms with Crippen molar-refractivity contribution in [3.8, 4) is 0 Å². The Kier molecular flexibility index (Phi) is 3.49. The number of halogens is 1. The Hall–Kier alpha value is -2.46. The second kappa shape index (κ2) is 5.54. The Morgan fingerprint density at radius 2 is 1.54 bits per heavy atom. The van der Waals surface area contributed by atoms with Crippen LogP contribution in [-0.2, 0) is 15.6 Å². The molecule has 1 N–H and O–H groups in total. The maximum absolute atomic E-state index is 13.8. The van der Waals surface area contributed by atoms with Gasteiger partial charge in [-0.2, -0.15) is 0 Å². The Morgan fingerprint density at radius 1 is 0.929 bits per heavy atom. The summed E-state index contributed by atoms with van der Waals surface area (Å²) in [6.07, 6.45) is 1.67. The molecule has 2 bridgehead atoms. The van der Waals surface area contributed by atoms with Crippen LogP contribution in [0.4, 0.5) is 5.69 Å². The molecule has 2 atom stereocenters. The number of para-hydroxylation sites is 3. The van der Waals surface area contributed by atoms with E-state index in [1.807, 2.05) is 42.5 Å². The van der Waals surface area contributed by atoms with Crippen LogP contribution < -0.4 is 5.32 Å². The molecule has 5 rings (SSSR count). The number of nitrogens with one attached hydrogen (secondary N) is 1. The molecule has 0 spiro atoms. The predicted molar refractivity (Wildman–Crippen MR) is 112 cm³/mol. The number of fused-ring (bicyclic) bond motifs is 6. The zero-order valence-electron chi connectivity index (χ0n) is 16.2. The molecule has 1 heterocycles. The topological polar surface area (TPSA) is 54.9 Å². The first-order valence-electron chi connectivity index (χ1n) is 9.65. The van der Waals surface area contributed by atoms with Crippen molar-refractivity contribution < 1.29 is 4.79 Å². The maximum atomic E-state index is 13.8. The summed E-state index contributed by atoms with van der Waals surface area (Å²) in [5.74, 6) is -0.0438. The highest BCUT2D eigenvalue weighted by Gasteiger charge is 2.73. The number of aromatic nitrogens is 2. The molecule has 0 radical (unpaired) electrons. The zero-order chi connectivity index (χ0) is 19.7. The monoisotopic (exact) mass is 391 g/mol. The minimum atomic E-state index is -0.729. The van der Waals surface area contributed by atoms with Gasteiger partial charge >= 0.3 is 0 Å². The molecule has 2 aromatic carbocycles. The Labute approximate surface area is 169 Å². The molecule has 2 aliphatic carbocycles. The minimum absolute atomic E-state index is 0.0438. The van der Waals surface area contributed by atoms with E-state index >= 15 is 0 Å². The highest BCUT2D eigenvalue weighted by molar-refractivity contribution is 6.33. The van der Waals surface area contributed by atoms with Crippen LogP contribution in [0.2, 0.25) is 5.02 Å². The Morgan fingerprint density at radius 3 is 2.21 bits per heavy atom. The van der Waals surface area contributed by atoms with E-state index in [0.717, 1.165) is 35.3 Å². The second-order valence-corrected chi connectivity index (χ2v) is 9.11. The lowest BCUT2D eigenvalue weighted by molar-refractivity contribution is -0.125. The third kappa shape index (κ3) is 1.94. The number of benzene rings is 2. The summed E-state index contributed by atoms with van der Waals surface area (Å²) in [7, 11) is 0. The Balaban J connectivity index is 1.72. The molecule has 1 amide bonds. The quantitative estimate of drug-likeness (QED) is 0.649. The van der Waals surface area contributed by atoms with Crippen LogP contribution in [0.15, 0.2) is 48.5 Å². The number of hydrogen-bond donors (Lipinski definition) is 1. The summed E-state index contributed by atoms with van der Waals surface area (Å²) in [6, 6.07) is 15.2. The Bertz CT molecular complexity index is 1140. The highest BCUT2D eigenvalue weighted by Crippen LogP contribution is 2.70. The van der Waals surface area contributed by atoms with Crippen LogP contribution in [0.1, 0.15) is 45.0 Å². The second-order valence-electron chi connectivity index (χ2n) is 8.71. The van der Waals surface area contributed by atoms with Crippen LogP contribution in [-0.4, -0.2) is 15.9 Å². The number of amides is 1. The van der Waals surface area contributed by atoms with Gasteiger partial charge in [0, 0.05) is 5.41 Å². The van der Waals surface area contributed by atoms with Crippen LogP contribution in [0, 0.1) is 5.41 Å². The normalized spacial score (nSPS) is 27.0. The standard InChI is InChI=1S/C23H22ClN3O/c1-21(2)22(3)12-13-23(21,20(28)27-15-9-5-4-8-14(15)24)19-18(22)25-16-10-6-7-11-17(16)26-19/h4-11H,12-13H2,1-3H3,(H,27,28). The summed E-state index contributed by atoms with van der Waals surface area (Å²) < 4.78 is 0. The molecular formula is C23H22ClN3O. The molecule has 1 fully saturated rings. The minimum Gasteiger partial charge on any atom is -0.324 e. The van der Waals surface area contributed by atoms with Crippen molar-refractivity contribution in [3.05, 3.63) is 64.9 Å². The average Bonchev–Trinajstić information content (AvgIpc) is 2.98. The summed E-state index contributed by atoms with van der Waals surface area (Å²) in [5, 5.41) is 3.63. The van der Waals surface area contributed by atoms with E-state index in [4.69, 9.17) is 21.6 Å². The van der Waals surface area contributed by atoms with Crippen molar-refractivity contribution in [3.63, 3.8) is 0 Å². The largest absolute Gasteiger partial charge is 0.324 e. The number of hydrogen-bond acceptors (Lipinski definition) is 3. The van der Waals surface area contributed by atoms with Crippen LogP contribution in [0.3, 0.4) is 0 Å². The van der Waals surface area contributed by atoms with Crippen molar-refractivity contribution in [2.75, 3.05) is 5.32 Å². The van der Waals surface area contributed by atoms with E-state index < -0.39 is 5.41 Å². The third-order valence-electron chi connectivity index (χ3n) is 7.45. The molecular weight excluding hydrogens is 370 g/mol. The SMILES string of the molecule is CC12CCC(C(=O)Nc3ccccc3Cl)(c3nc4ccccc4nc31)C2(C)C. The smallest absolute Gasteiger partial charge is 0.237 e. The number of carbonyl (C=O) groups is 1. The van der Waals surface area contributed by atoms with Crippen molar-refractivity contribution >= 4 is 34.2 Å². The summed E-state index contributed by atoms with van der Waals surface area (Å²) in [4.78, 5) is 23.7. The van der Waals surface area contributed by atoms with E-state index in [0.29, 0.717) is 10.7 Å². The summed E-state index contributed by atoms with van der Waals surface area (Å²) >= 11 is 6.31. The van der Waals surface area contributed by atoms with Crippen LogP contribution in [0.5, 0.6) is 0 Å². The van der Waals surface area contributed by atoms with Gasteiger partial charge in [0.05, 0.1) is 38.5 Å². The van der Waals surface area contributed by atoms with Gasteiger partial charge < -0.3 is 5.32 Å². The van der Waals surface area contributed by atoms with Crippen LogP contribution >= 0.6 is 11.6 Å². The van der Waals surface area contributed by atoms with E-state index in [2.05, 4.69) is 26.1 Å². The van der Waals surface area contributed by atoms with Gasteiger partial charge in [0.1, 0.15) is 0 Å². The van der Waals surface area contributed by atoms with Gasteiger partial charge in [-0.15, -0.1) is 0 Å². The van der Waals surface area contributed by atoms with E-state index in [-0.39, 0.29) is 16.7 Å². The van der Waals surface area contributed by atoms with Crippen molar-refractivity contribution in [2.45, 2.75) is 44.4 Å². The lowest BCUT2D eigenvalue weighted by atomic mass is 9.63. The van der Waals surface area contributed by atoms with Gasteiger partial charge in [-0.1, -0.05) is 56.6 Å². The molecule has 0 saturated heterocycles. The molecule has 28 heavy (non-hydrogen) atoms. The van der Waals surface area contributed by atoms with Crippen molar-refractivity contribution in [1.82, 2.24) is 9.97 Å². The molecule has 3 aromatic rings. The van der Waals surface area contributed by atoms with Gasteiger partial charge in [-0.3, -0.25) is 4.79 Å². The summed E-state index contributed by atoms with van der Waals surface area (Å²) in [5.41, 5.74) is 2.90. The summed E-state index contributed by atoms with van der Waals surface area (Å²) in [6.45, 7) is 6.59. The van der Waals surface area contributed by atoms with Gasteiger partial charge in [-0.25, -0.2) is 9.97 Å². The highest BCUT2D eigenvalue weighted by atomic mass is 35.5. The number of anilines is 1. The van der Waals surface area contributed by atoms with E-state index in [9.17, 15) is 4.79 Å². The van der Waals surface area contributed by atoms with Crippen LogP contribution in [0.25, 0.3) is 11.0 Å². The first-order chi connectivity index (χ1) is 13.3. The lowest BCUT2D eigenvalue weighted by Crippen LogP contribution is -2.48. The molecule has 0 aliphatic heterocycles. The first kappa shape index (κ1) is 17.6. The predicted octanol–water partition coefficient (Wildman–Crippen LogP) is 5.25. The molecule has 2 unspecified atom stereocenters. The van der Waals surface area contributed by atoms with E-state index in [1.54, 1.807) is 6.07 Å². The molecule has 2 aliphatic rings. The number of rotatable bonds is 2. The molecule has 1 saturated carbocycles. The van der Waals surface area contributed by atoms with Gasteiger partial charge in [0.2, 0.25) is 5.91 Å². The fourth-order valence-electron chi connectivity index (χ4n) is 5.34. The van der Waals surface area contributed by atoms with E-state index in [1.165, 1.54) is 0 Å². The first-order valence-corrected chi connectivity index (χ1v) is 10.0. The molecule has 142 valence electrons. The van der Waals surface area contributed by atoms with Gasteiger partial charge in [0.15, 0.2) is 0 Å². The average molecular weight is 392 g/mol. The lowest BCUT2D eigenvalue weighted by Gasteiger charge is -2.39. The molecule has 4 nitrogen and oxygen atoms in total. The maximum Gasteiger partial charge on any atom is 0.237 e. The van der Waals surface area contributed by atoms with Crippen molar-refractivity contribution in [2.24, 2.45) is 5.41 Å². The van der Waals surface area contributed by atoms with Gasteiger partial charge in [0.25, 0.3) is 0 Å². The number of nitrogens with zero attached hydrogens (tertiary/aromatic N) is 2. The van der Waals surface area contributed by atoms with Gasteiger partial charge in [-0.05, 0) is 42.5 Å². The fourth-order valence-corrected chi connectivity index (χ4v) is 5.52. The molecule has 5 heteroatoms. The molecule has 1 aromatic heterocycles. The zero-order valence-corrected chi connectivity index (χ0v) is 17.0. The fraction of sp³-hybridized carbons (Fsp3) is 0.348. The van der Waals surface area contributed by atoms with Crippen molar-refractivity contribution in [1.29, 1.82) is 0 Å². The third-order valence-corrected chi connectivity index (χ3v) is 7.78.